The molecule has 28 heavy (non-hydrogen) atoms. The van der Waals surface area contributed by atoms with E-state index in [4.69, 9.17) is 0 Å². The highest BCUT2D eigenvalue weighted by Gasteiger charge is 2.24. The van der Waals surface area contributed by atoms with Crippen LogP contribution in [0.15, 0.2) is 53.6 Å². The van der Waals surface area contributed by atoms with E-state index in [0.29, 0.717) is 24.0 Å². The van der Waals surface area contributed by atoms with Gasteiger partial charge in [-0.15, -0.1) is 0 Å². The predicted octanol–water partition coefficient (Wildman–Crippen LogP) is 1.43. The van der Waals surface area contributed by atoms with Crippen molar-refractivity contribution in [2.45, 2.75) is 6.42 Å². The molecule has 2 aromatic heterocycles. The van der Waals surface area contributed by atoms with Crippen LogP contribution in [0.5, 0.6) is 0 Å². The van der Waals surface area contributed by atoms with Crippen molar-refractivity contribution in [3.05, 3.63) is 64.8 Å². The first kappa shape index (κ1) is 18.0. The van der Waals surface area contributed by atoms with Gasteiger partial charge in [-0.2, -0.15) is 5.10 Å². The maximum Gasteiger partial charge on any atom is 0.269 e. The normalized spacial score (nSPS) is 16.3. The standard InChI is InChI=1S/C20H22N6O2/c1-25-18(27)9-16(11-23-25)26-8-7-14(13-26)10-22-20(28)17-12-21-19(24-17)15-5-3-2-4-6-15/h2-6,9,11-12,14H,7-8,10,13H2,1H3,(H,21,24)(H,22,28)/t14-/m0/s1. The molecule has 1 atom stereocenters. The van der Waals surface area contributed by atoms with Crippen molar-refractivity contribution in [3.8, 4) is 11.4 Å². The number of nitrogens with one attached hydrogen (secondary N) is 2. The molecule has 1 amide bonds. The minimum Gasteiger partial charge on any atom is -0.370 e. The fraction of sp³-hybridized carbons (Fsp3) is 0.300. The Morgan fingerprint density at radius 2 is 2.11 bits per heavy atom. The number of H-pyrrole nitrogens is 1. The van der Waals surface area contributed by atoms with E-state index in [0.717, 1.165) is 30.8 Å². The molecule has 4 rings (SSSR count). The zero-order valence-electron chi connectivity index (χ0n) is 15.6. The molecule has 1 aliphatic heterocycles. The quantitative estimate of drug-likeness (QED) is 0.700. The number of hydrogen-bond donors (Lipinski definition) is 2. The van der Waals surface area contributed by atoms with Gasteiger partial charge in [-0.3, -0.25) is 9.59 Å². The van der Waals surface area contributed by atoms with Crippen molar-refractivity contribution in [2.24, 2.45) is 13.0 Å². The van der Waals surface area contributed by atoms with Gasteiger partial charge in [0, 0.05) is 38.3 Å². The van der Waals surface area contributed by atoms with Gasteiger partial charge in [-0.25, -0.2) is 9.67 Å². The lowest BCUT2D eigenvalue weighted by molar-refractivity contribution is 0.0944. The minimum absolute atomic E-state index is 0.122. The molecule has 8 heteroatoms. The first-order chi connectivity index (χ1) is 13.6. The Hall–Kier alpha value is -3.42. The highest BCUT2D eigenvalue weighted by molar-refractivity contribution is 5.92. The van der Waals surface area contributed by atoms with Gasteiger partial charge < -0.3 is 15.2 Å². The van der Waals surface area contributed by atoms with Crippen molar-refractivity contribution >= 4 is 11.6 Å². The fourth-order valence-corrected chi connectivity index (χ4v) is 3.38. The molecule has 0 spiro atoms. The van der Waals surface area contributed by atoms with Gasteiger partial charge in [0.25, 0.3) is 11.5 Å². The number of carbonyl (C=O) groups is 1. The lowest BCUT2D eigenvalue weighted by atomic mass is 10.1. The number of aryl methyl sites for hydroxylation is 1. The van der Waals surface area contributed by atoms with E-state index in [1.54, 1.807) is 25.5 Å². The smallest absolute Gasteiger partial charge is 0.269 e. The predicted molar refractivity (Wildman–Crippen MR) is 106 cm³/mol. The van der Waals surface area contributed by atoms with Crippen LogP contribution in [-0.2, 0) is 7.05 Å². The lowest BCUT2D eigenvalue weighted by Gasteiger charge is -2.18. The third-order valence-electron chi connectivity index (χ3n) is 5.02. The number of aromatic amines is 1. The van der Waals surface area contributed by atoms with Crippen molar-refractivity contribution in [3.63, 3.8) is 0 Å². The van der Waals surface area contributed by atoms with Gasteiger partial charge in [0.2, 0.25) is 0 Å². The Morgan fingerprint density at radius 3 is 2.89 bits per heavy atom. The van der Waals surface area contributed by atoms with Crippen LogP contribution in [0.3, 0.4) is 0 Å². The van der Waals surface area contributed by atoms with E-state index >= 15 is 0 Å². The molecule has 0 unspecified atom stereocenters. The molecule has 2 N–H and O–H groups in total. The summed E-state index contributed by atoms with van der Waals surface area (Å²) >= 11 is 0. The van der Waals surface area contributed by atoms with Gasteiger partial charge >= 0.3 is 0 Å². The van der Waals surface area contributed by atoms with Crippen LogP contribution in [0.25, 0.3) is 11.4 Å². The summed E-state index contributed by atoms with van der Waals surface area (Å²) in [6.07, 6.45) is 4.22. The molecule has 1 aliphatic rings. The van der Waals surface area contributed by atoms with E-state index < -0.39 is 0 Å². The number of carbonyl (C=O) groups excluding carboxylic acids is 1. The highest BCUT2D eigenvalue weighted by Crippen LogP contribution is 2.21. The first-order valence-electron chi connectivity index (χ1n) is 9.27. The minimum atomic E-state index is -0.164. The van der Waals surface area contributed by atoms with E-state index in [-0.39, 0.29) is 11.5 Å². The lowest BCUT2D eigenvalue weighted by Crippen LogP contribution is -2.31. The molecular formula is C20H22N6O2. The number of anilines is 1. The van der Waals surface area contributed by atoms with Crippen LogP contribution < -0.4 is 15.8 Å². The second-order valence-electron chi connectivity index (χ2n) is 7.00. The van der Waals surface area contributed by atoms with E-state index in [9.17, 15) is 9.59 Å². The number of hydrogen-bond acceptors (Lipinski definition) is 5. The van der Waals surface area contributed by atoms with Crippen molar-refractivity contribution in [1.29, 1.82) is 0 Å². The summed E-state index contributed by atoms with van der Waals surface area (Å²) in [4.78, 5) is 33.7. The molecule has 0 bridgehead atoms. The van der Waals surface area contributed by atoms with Crippen LogP contribution in [-0.4, -0.2) is 45.3 Å². The fourth-order valence-electron chi connectivity index (χ4n) is 3.38. The average Bonchev–Trinajstić information content (AvgIpc) is 3.39. The Bertz CT molecular complexity index is 1030. The third-order valence-corrected chi connectivity index (χ3v) is 5.02. The average molecular weight is 378 g/mol. The van der Waals surface area contributed by atoms with Crippen LogP contribution in [0, 0.1) is 5.92 Å². The maximum absolute atomic E-state index is 12.4. The van der Waals surface area contributed by atoms with E-state index in [1.165, 1.54) is 4.68 Å². The number of benzene rings is 1. The van der Waals surface area contributed by atoms with E-state index in [2.05, 4.69) is 25.3 Å². The third kappa shape index (κ3) is 3.80. The summed E-state index contributed by atoms with van der Waals surface area (Å²) in [5.41, 5.74) is 2.10. The molecule has 1 aromatic carbocycles. The summed E-state index contributed by atoms with van der Waals surface area (Å²) < 4.78 is 1.31. The van der Waals surface area contributed by atoms with Crippen molar-refractivity contribution in [2.75, 3.05) is 24.5 Å². The van der Waals surface area contributed by atoms with E-state index in [1.807, 2.05) is 30.3 Å². The zero-order chi connectivity index (χ0) is 19.5. The van der Waals surface area contributed by atoms with Crippen LogP contribution >= 0.6 is 0 Å². The largest absolute Gasteiger partial charge is 0.370 e. The highest BCUT2D eigenvalue weighted by atomic mass is 16.2. The van der Waals surface area contributed by atoms with Gasteiger partial charge in [0.05, 0.1) is 18.1 Å². The molecule has 8 nitrogen and oxygen atoms in total. The van der Waals surface area contributed by atoms with Crippen LogP contribution in [0.1, 0.15) is 16.9 Å². The monoisotopic (exact) mass is 378 g/mol. The Labute approximate surface area is 162 Å². The number of aromatic nitrogens is 4. The van der Waals surface area contributed by atoms with Crippen LogP contribution in [0.2, 0.25) is 0 Å². The van der Waals surface area contributed by atoms with Gasteiger partial charge in [0.1, 0.15) is 11.5 Å². The first-order valence-corrected chi connectivity index (χ1v) is 9.27. The van der Waals surface area contributed by atoms with Crippen LogP contribution in [0.4, 0.5) is 5.69 Å². The number of nitrogens with zero attached hydrogens (tertiary/aromatic N) is 4. The molecule has 0 saturated carbocycles. The molecule has 0 aliphatic carbocycles. The second-order valence-corrected chi connectivity index (χ2v) is 7.00. The summed E-state index contributed by atoms with van der Waals surface area (Å²) in [6, 6.07) is 11.3. The summed E-state index contributed by atoms with van der Waals surface area (Å²) in [7, 11) is 1.63. The topological polar surface area (TPSA) is 95.9 Å². The van der Waals surface area contributed by atoms with Crippen molar-refractivity contribution in [1.82, 2.24) is 25.1 Å². The Kier molecular flexibility index (Phi) is 4.92. The molecule has 1 saturated heterocycles. The Balaban J connectivity index is 1.32. The zero-order valence-corrected chi connectivity index (χ0v) is 15.6. The van der Waals surface area contributed by atoms with Gasteiger partial charge in [0.15, 0.2) is 0 Å². The number of amides is 1. The Morgan fingerprint density at radius 1 is 1.29 bits per heavy atom. The molecule has 0 radical (unpaired) electrons. The van der Waals surface area contributed by atoms with Gasteiger partial charge in [-0.05, 0) is 12.3 Å². The maximum atomic E-state index is 12.4. The molecule has 144 valence electrons. The molecular weight excluding hydrogens is 356 g/mol. The summed E-state index contributed by atoms with van der Waals surface area (Å²) in [5.74, 6) is 0.837. The molecule has 3 aromatic rings. The van der Waals surface area contributed by atoms with Crippen molar-refractivity contribution < 1.29 is 4.79 Å². The number of imidazole rings is 1. The molecule has 3 heterocycles. The second kappa shape index (κ2) is 7.67. The summed E-state index contributed by atoms with van der Waals surface area (Å²) in [6.45, 7) is 2.21. The number of rotatable bonds is 5. The molecule has 1 fully saturated rings. The SMILES string of the molecule is Cn1ncc(N2CC[C@@H](CNC(=O)c3cnc(-c4ccccc4)[nH]3)C2)cc1=O. The summed E-state index contributed by atoms with van der Waals surface area (Å²) in [5, 5.41) is 7.05. The van der Waals surface area contributed by atoms with Gasteiger partial charge in [-0.1, -0.05) is 30.3 Å².